The number of benzene rings is 3. The molecule has 0 saturated carbocycles. The predicted octanol–water partition coefficient (Wildman–Crippen LogP) is 5.90. The molecule has 1 amide bonds. The number of nitrogens with one attached hydrogen (secondary N) is 2. The molecule has 1 atom stereocenters. The van der Waals surface area contributed by atoms with Crippen molar-refractivity contribution in [3.05, 3.63) is 112 Å². The summed E-state index contributed by atoms with van der Waals surface area (Å²) in [4.78, 5) is 24.7. The molecule has 5 aromatic rings. The summed E-state index contributed by atoms with van der Waals surface area (Å²) in [5.41, 5.74) is 8.35. The van der Waals surface area contributed by atoms with Gasteiger partial charge >= 0.3 is 5.97 Å². The number of hydrogen-bond acceptors (Lipinski definition) is 6. The van der Waals surface area contributed by atoms with Gasteiger partial charge in [0.25, 0.3) is 5.91 Å². The molecule has 1 unspecified atom stereocenters. The quantitative estimate of drug-likeness (QED) is 0.204. The van der Waals surface area contributed by atoms with Crippen molar-refractivity contribution in [2.45, 2.75) is 52.0 Å². The zero-order valence-electron chi connectivity index (χ0n) is 23.5. The van der Waals surface area contributed by atoms with Gasteiger partial charge in [-0.3, -0.25) is 9.89 Å². The molecule has 0 aliphatic carbocycles. The van der Waals surface area contributed by atoms with Crippen LogP contribution in [-0.4, -0.2) is 37.4 Å². The molecule has 42 heavy (non-hydrogen) atoms. The molecule has 3 aromatic carbocycles. The summed E-state index contributed by atoms with van der Waals surface area (Å²) in [6, 6.07) is 20.2. The Balaban J connectivity index is 1.33. The van der Waals surface area contributed by atoms with E-state index < -0.39 is 5.97 Å². The summed E-state index contributed by atoms with van der Waals surface area (Å²) in [6.45, 7) is 4.15. The van der Waals surface area contributed by atoms with Crippen LogP contribution in [0.2, 0.25) is 0 Å². The van der Waals surface area contributed by atoms with Gasteiger partial charge in [0.15, 0.2) is 0 Å². The van der Waals surface area contributed by atoms with Gasteiger partial charge in [0.05, 0.1) is 17.3 Å². The molecule has 9 heteroatoms. The van der Waals surface area contributed by atoms with Gasteiger partial charge in [-0.05, 0) is 73.2 Å². The molecule has 0 spiro atoms. The lowest BCUT2D eigenvalue weighted by molar-refractivity contribution is 0.0696. The topological polar surface area (TPSA) is 134 Å². The number of carboxylic acid groups (broad SMARTS) is 1. The second-order valence-electron chi connectivity index (χ2n) is 10.6. The van der Waals surface area contributed by atoms with E-state index in [1.54, 1.807) is 24.3 Å². The second-order valence-corrected chi connectivity index (χ2v) is 10.6. The fraction of sp³-hybridized carbons (Fsp3) is 0.242. The van der Waals surface area contributed by atoms with Crippen LogP contribution in [0, 0.1) is 6.92 Å². The normalized spacial score (nSPS) is 14.4. The van der Waals surface area contributed by atoms with Crippen LogP contribution in [0.25, 0.3) is 22.6 Å². The van der Waals surface area contributed by atoms with Gasteiger partial charge < -0.3 is 14.8 Å². The van der Waals surface area contributed by atoms with E-state index in [-0.39, 0.29) is 17.5 Å². The molecule has 3 heterocycles. The first-order chi connectivity index (χ1) is 20.4. The number of aryl methyl sites for hydroxylation is 4. The van der Waals surface area contributed by atoms with Crippen molar-refractivity contribution in [2.24, 2.45) is 0 Å². The highest BCUT2D eigenvalue weighted by molar-refractivity contribution is 5.97. The minimum absolute atomic E-state index is 0.120. The second kappa shape index (κ2) is 11.4. The Hall–Kier alpha value is -5.05. The minimum Gasteiger partial charge on any atom is -0.478 e. The number of H-pyrrole nitrogens is 1. The Kier molecular flexibility index (Phi) is 7.39. The molecule has 6 rings (SSSR count). The molecule has 0 saturated heterocycles. The zero-order chi connectivity index (χ0) is 29.2. The minimum atomic E-state index is -0.991. The van der Waals surface area contributed by atoms with Gasteiger partial charge in [0.1, 0.15) is 0 Å². The van der Waals surface area contributed by atoms with Crippen molar-refractivity contribution < 1.29 is 19.1 Å². The first-order valence-corrected chi connectivity index (χ1v) is 14.1. The van der Waals surface area contributed by atoms with E-state index in [1.165, 1.54) is 5.56 Å². The number of carbonyl (C=O) groups is 2. The number of aromatic amines is 1. The van der Waals surface area contributed by atoms with Crippen molar-refractivity contribution in [1.29, 1.82) is 0 Å². The fourth-order valence-corrected chi connectivity index (χ4v) is 5.58. The third-order valence-electron chi connectivity index (χ3n) is 7.72. The summed E-state index contributed by atoms with van der Waals surface area (Å²) in [7, 11) is 0. The van der Waals surface area contributed by atoms with E-state index in [0.29, 0.717) is 42.3 Å². The first-order valence-electron chi connectivity index (χ1n) is 14.1. The Labute approximate surface area is 243 Å². The maximum absolute atomic E-state index is 13.2. The van der Waals surface area contributed by atoms with Crippen LogP contribution in [0.4, 0.5) is 0 Å². The molecule has 212 valence electrons. The van der Waals surface area contributed by atoms with E-state index in [0.717, 1.165) is 46.4 Å². The van der Waals surface area contributed by atoms with E-state index in [2.05, 4.69) is 33.6 Å². The monoisotopic (exact) mass is 561 g/mol. The van der Waals surface area contributed by atoms with Gasteiger partial charge in [-0.1, -0.05) is 55.3 Å². The van der Waals surface area contributed by atoms with Crippen molar-refractivity contribution >= 4 is 11.9 Å². The number of hydrogen-bond donors (Lipinski definition) is 3. The summed E-state index contributed by atoms with van der Waals surface area (Å²) in [5.74, 6) is -0.149. The molecular formula is C33H31N5O4. The SMILES string of the molecule is CCCc1cccc2c1CC(c1n[nH]c(CCc3nnc(-c4ccc(C)cc4)o3)c1-c1ccc(C(=O)O)cc1)NC2=O. The average molecular weight is 562 g/mol. The lowest BCUT2D eigenvalue weighted by Gasteiger charge is -2.27. The predicted molar refractivity (Wildman–Crippen MR) is 157 cm³/mol. The summed E-state index contributed by atoms with van der Waals surface area (Å²) >= 11 is 0. The molecule has 9 nitrogen and oxygen atoms in total. The third kappa shape index (κ3) is 5.33. The van der Waals surface area contributed by atoms with Gasteiger partial charge in [0.2, 0.25) is 11.8 Å². The summed E-state index contributed by atoms with van der Waals surface area (Å²) < 4.78 is 5.95. The highest BCUT2D eigenvalue weighted by Gasteiger charge is 2.31. The van der Waals surface area contributed by atoms with Crippen LogP contribution in [0.15, 0.2) is 71.1 Å². The number of fused-ring (bicyclic) bond motifs is 1. The molecule has 1 aliphatic rings. The van der Waals surface area contributed by atoms with Crippen LogP contribution in [0.5, 0.6) is 0 Å². The lowest BCUT2D eigenvalue weighted by Crippen LogP contribution is -2.36. The zero-order valence-corrected chi connectivity index (χ0v) is 23.5. The number of carbonyl (C=O) groups excluding carboxylic acids is 1. The Morgan fingerprint density at radius 3 is 2.48 bits per heavy atom. The van der Waals surface area contributed by atoms with Crippen molar-refractivity contribution in [3.8, 4) is 22.6 Å². The van der Waals surface area contributed by atoms with Crippen LogP contribution in [-0.2, 0) is 25.7 Å². The summed E-state index contributed by atoms with van der Waals surface area (Å²) in [6.07, 6.45) is 3.49. The van der Waals surface area contributed by atoms with Gasteiger partial charge in [-0.2, -0.15) is 5.10 Å². The van der Waals surface area contributed by atoms with Crippen molar-refractivity contribution in [2.75, 3.05) is 0 Å². The van der Waals surface area contributed by atoms with Crippen molar-refractivity contribution in [3.63, 3.8) is 0 Å². The van der Waals surface area contributed by atoms with Gasteiger partial charge in [-0.15, -0.1) is 10.2 Å². The number of nitrogens with zero attached hydrogens (tertiary/aromatic N) is 3. The molecule has 0 fully saturated rings. The molecule has 1 aliphatic heterocycles. The maximum atomic E-state index is 13.2. The first kappa shape index (κ1) is 27.1. The highest BCUT2D eigenvalue weighted by atomic mass is 16.4. The maximum Gasteiger partial charge on any atom is 0.335 e. The van der Waals surface area contributed by atoms with Gasteiger partial charge in [0, 0.05) is 28.8 Å². The number of carboxylic acids is 1. The Morgan fingerprint density at radius 1 is 0.976 bits per heavy atom. The Morgan fingerprint density at radius 2 is 1.74 bits per heavy atom. The number of aromatic carboxylic acids is 1. The molecule has 3 N–H and O–H groups in total. The number of rotatable bonds is 9. The Bertz CT molecular complexity index is 1750. The van der Waals surface area contributed by atoms with E-state index in [9.17, 15) is 14.7 Å². The standard InChI is InChI=1S/C33H31N5O4/c1-3-5-20-6-4-7-24-25(20)18-27(34-31(24)39)30-29(21-12-14-23(15-13-21)33(40)41)26(35-37-30)16-17-28-36-38-32(42-28)22-10-8-19(2)9-11-22/h4,6-15,27H,3,5,16-18H2,1-2H3,(H,34,39)(H,35,37)(H,40,41). The van der Waals surface area contributed by atoms with Gasteiger partial charge in [-0.25, -0.2) is 4.79 Å². The van der Waals surface area contributed by atoms with Crippen LogP contribution < -0.4 is 5.32 Å². The van der Waals surface area contributed by atoms with E-state index in [4.69, 9.17) is 9.52 Å². The van der Waals surface area contributed by atoms with Crippen LogP contribution in [0.3, 0.4) is 0 Å². The van der Waals surface area contributed by atoms with Crippen molar-refractivity contribution in [1.82, 2.24) is 25.7 Å². The molecule has 0 radical (unpaired) electrons. The van der Waals surface area contributed by atoms with E-state index >= 15 is 0 Å². The largest absolute Gasteiger partial charge is 0.478 e. The third-order valence-corrected chi connectivity index (χ3v) is 7.72. The average Bonchev–Trinajstić information content (AvgIpc) is 3.64. The molecular weight excluding hydrogens is 530 g/mol. The van der Waals surface area contributed by atoms with E-state index in [1.807, 2.05) is 43.3 Å². The summed E-state index contributed by atoms with van der Waals surface area (Å²) in [5, 5.41) is 29.0. The molecule has 2 aromatic heterocycles. The molecule has 0 bridgehead atoms. The fourth-order valence-electron chi connectivity index (χ4n) is 5.58. The van der Waals surface area contributed by atoms with Crippen LogP contribution >= 0.6 is 0 Å². The number of amides is 1. The smallest absolute Gasteiger partial charge is 0.335 e. The lowest BCUT2D eigenvalue weighted by atomic mass is 9.86. The highest BCUT2D eigenvalue weighted by Crippen LogP contribution is 2.36. The number of aromatic nitrogens is 4. The van der Waals surface area contributed by atoms with Crippen LogP contribution in [0.1, 0.15) is 74.1 Å².